The van der Waals surface area contributed by atoms with Crippen LogP contribution in [-0.4, -0.2) is 21.1 Å². The van der Waals surface area contributed by atoms with E-state index in [1.165, 1.54) is 16.3 Å². The van der Waals surface area contributed by atoms with E-state index in [2.05, 4.69) is 10.1 Å². The molecular weight excluding hydrogens is 396 g/mol. The van der Waals surface area contributed by atoms with Gasteiger partial charge in [-0.05, 0) is 25.1 Å². The average molecular weight is 405 g/mol. The van der Waals surface area contributed by atoms with E-state index in [1.54, 1.807) is 6.92 Å². The molecule has 0 aliphatic heterocycles. The molecule has 0 spiro atoms. The molecule has 0 radical (unpaired) electrons. The lowest BCUT2D eigenvalue weighted by Crippen LogP contribution is -2.11. The van der Waals surface area contributed by atoms with Crippen LogP contribution >= 0.6 is 11.3 Å². The number of nitrogens with zero attached hydrogens (tertiary/aromatic N) is 3. The minimum atomic E-state index is -4.94. The predicted octanol–water partition coefficient (Wildman–Crippen LogP) is 5.15. The zero-order valence-electron chi connectivity index (χ0n) is 13.4. The maximum Gasteiger partial charge on any atom is 0.416 e. The minimum absolute atomic E-state index is 0.0603. The van der Waals surface area contributed by atoms with Gasteiger partial charge in [-0.2, -0.15) is 31.4 Å². The standard InChI is InChI=1S/C16H9F6N3OS/c1-8-10(6-26)5-23-25(8)14-24-13(7-27-14)9-2-11(15(17,18)19)4-12(3-9)16(20,21)22/h2-7H,1H3. The first-order valence-electron chi connectivity index (χ1n) is 7.26. The summed E-state index contributed by atoms with van der Waals surface area (Å²) in [4.78, 5) is 15.0. The molecule has 0 aliphatic carbocycles. The van der Waals surface area contributed by atoms with Gasteiger partial charge in [-0.15, -0.1) is 11.3 Å². The van der Waals surface area contributed by atoms with Gasteiger partial charge < -0.3 is 0 Å². The highest BCUT2D eigenvalue weighted by atomic mass is 32.1. The lowest BCUT2D eigenvalue weighted by Gasteiger charge is -2.13. The zero-order chi connectivity index (χ0) is 20.0. The van der Waals surface area contributed by atoms with E-state index in [9.17, 15) is 31.1 Å². The molecule has 11 heteroatoms. The van der Waals surface area contributed by atoms with Crippen molar-refractivity contribution in [1.82, 2.24) is 14.8 Å². The maximum absolute atomic E-state index is 13.0. The van der Waals surface area contributed by atoms with Crippen LogP contribution in [0.4, 0.5) is 26.3 Å². The van der Waals surface area contributed by atoms with Gasteiger partial charge in [0.25, 0.3) is 0 Å². The molecule has 0 aliphatic rings. The Bertz CT molecular complexity index is 970. The Labute approximate surface area is 152 Å². The van der Waals surface area contributed by atoms with Crippen molar-refractivity contribution in [3.63, 3.8) is 0 Å². The van der Waals surface area contributed by atoms with Gasteiger partial charge in [-0.1, -0.05) is 0 Å². The monoisotopic (exact) mass is 405 g/mol. The summed E-state index contributed by atoms with van der Waals surface area (Å²) < 4.78 is 79.2. The second-order valence-corrected chi connectivity index (χ2v) is 6.36. The van der Waals surface area contributed by atoms with Crippen LogP contribution < -0.4 is 0 Å². The number of alkyl halides is 6. The topological polar surface area (TPSA) is 47.8 Å². The number of benzene rings is 1. The van der Waals surface area contributed by atoms with Crippen molar-refractivity contribution in [3.05, 3.63) is 52.2 Å². The Hall–Kier alpha value is -2.69. The molecule has 142 valence electrons. The third-order valence-electron chi connectivity index (χ3n) is 3.73. The summed E-state index contributed by atoms with van der Waals surface area (Å²) in [6.07, 6.45) is -8.01. The molecule has 0 saturated carbocycles. The molecule has 2 aromatic heterocycles. The van der Waals surface area contributed by atoms with Gasteiger partial charge >= 0.3 is 12.4 Å². The van der Waals surface area contributed by atoms with Gasteiger partial charge in [0.1, 0.15) is 0 Å². The first-order chi connectivity index (χ1) is 12.5. The molecule has 4 nitrogen and oxygen atoms in total. The van der Waals surface area contributed by atoms with Crippen molar-refractivity contribution in [2.45, 2.75) is 19.3 Å². The van der Waals surface area contributed by atoms with Crippen LogP contribution in [0.2, 0.25) is 0 Å². The summed E-state index contributed by atoms with van der Waals surface area (Å²) in [5.74, 6) is 0. The average Bonchev–Trinajstić information content (AvgIpc) is 3.19. The number of rotatable bonds is 3. The lowest BCUT2D eigenvalue weighted by atomic mass is 10.0. The fraction of sp³-hybridized carbons (Fsp3) is 0.188. The second kappa shape index (κ2) is 6.48. The summed E-state index contributed by atoms with van der Waals surface area (Å²) in [5, 5.41) is 5.49. The Morgan fingerprint density at radius 3 is 2.11 bits per heavy atom. The lowest BCUT2D eigenvalue weighted by molar-refractivity contribution is -0.143. The fourth-order valence-electron chi connectivity index (χ4n) is 2.33. The van der Waals surface area contributed by atoms with Crippen molar-refractivity contribution in [2.24, 2.45) is 0 Å². The molecule has 0 bridgehead atoms. The van der Waals surface area contributed by atoms with Crippen LogP contribution in [-0.2, 0) is 12.4 Å². The molecule has 0 fully saturated rings. The molecule has 0 saturated heterocycles. The third-order valence-corrected chi connectivity index (χ3v) is 4.55. The van der Waals surface area contributed by atoms with Crippen molar-refractivity contribution < 1.29 is 31.1 Å². The van der Waals surface area contributed by atoms with Gasteiger partial charge in [0, 0.05) is 10.9 Å². The van der Waals surface area contributed by atoms with Gasteiger partial charge in [0.15, 0.2) is 6.29 Å². The van der Waals surface area contributed by atoms with E-state index in [0.29, 0.717) is 29.7 Å². The highest BCUT2D eigenvalue weighted by molar-refractivity contribution is 7.12. The third kappa shape index (κ3) is 3.72. The Balaban J connectivity index is 2.10. The minimum Gasteiger partial charge on any atom is -0.298 e. The molecule has 0 unspecified atom stereocenters. The fourth-order valence-corrected chi connectivity index (χ4v) is 3.17. The summed E-state index contributed by atoms with van der Waals surface area (Å²) >= 11 is 0.973. The first kappa shape index (κ1) is 19.1. The number of hydrogen-bond donors (Lipinski definition) is 0. The maximum atomic E-state index is 13.0. The van der Waals surface area contributed by atoms with Crippen molar-refractivity contribution in [2.75, 3.05) is 0 Å². The smallest absolute Gasteiger partial charge is 0.298 e. The SMILES string of the molecule is Cc1c(C=O)cnn1-c1nc(-c2cc(C(F)(F)F)cc(C(F)(F)F)c2)cs1. The summed E-state index contributed by atoms with van der Waals surface area (Å²) in [6.45, 7) is 1.59. The van der Waals surface area contributed by atoms with Crippen LogP contribution in [0.1, 0.15) is 27.2 Å². The van der Waals surface area contributed by atoms with Gasteiger partial charge in [0.05, 0.1) is 34.3 Å². The quantitative estimate of drug-likeness (QED) is 0.447. The van der Waals surface area contributed by atoms with Gasteiger partial charge in [-0.3, -0.25) is 4.79 Å². The number of hydrogen-bond acceptors (Lipinski definition) is 4. The highest BCUT2D eigenvalue weighted by Crippen LogP contribution is 2.39. The first-order valence-corrected chi connectivity index (χ1v) is 8.14. The van der Waals surface area contributed by atoms with Crippen molar-refractivity contribution in [3.8, 4) is 16.4 Å². The molecule has 3 rings (SSSR count). The Kier molecular flexibility index (Phi) is 4.58. The molecule has 3 aromatic rings. The molecular formula is C16H9F6N3OS. The summed E-state index contributed by atoms with van der Waals surface area (Å²) in [7, 11) is 0. The molecule has 0 N–H and O–H groups in total. The van der Waals surface area contributed by atoms with E-state index in [4.69, 9.17) is 0 Å². The van der Waals surface area contributed by atoms with Crippen LogP contribution in [0.3, 0.4) is 0 Å². The number of aldehydes is 1. The Morgan fingerprint density at radius 2 is 1.63 bits per heavy atom. The van der Waals surface area contributed by atoms with Crippen molar-refractivity contribution >= 4 is 17.6 Å². The van der Waals surface area contributed by atoms with Crippen LogP contribution in [0.25, 0.3) is 16.4 Å². The van der Waals surface area contributed by atoms with E-state index in [0.717, 1.165) is 11.3 Å². The van der Waals surface area contributed by atoms with Crippen LogP contribution in [0, 0.1) is 6.92 Å². The molecule has 2 heterocycles. The number of carbonyl (C=O) groups excluding carboxylic acids is 1. The van der Waals surface area contributed by atoms with E-state index >= 15 is 0 Å². The normalized spacial score (nSPS) is 12.4. The second-order valence-electron chi connectivity index (χ2n) is 5.52. The number of carbonyl (C=O) groups is 1. The summed E-state index contributed by atoms with van der Waals surface area (Å²) in [6, 6.07) is 1.28. The van der Waals surface area contributed by atoms with E-state index in [1.807, 2.05) is 0 Å². The van der Waals surface area contributed by atoms with Crippen LogP contribution in [0.5, 0.6) is 0 Å². The van der Waals surface area contributed by atoms with Crippen molar-refractivity contribution in [1.29, 1.82) is 0 Å². The number of aromatic nitrogens is 3. The number of thiazole rings is 1. The van der Waals surface area contributed by atoms with Gasteiger partial charge in [-0.25, -0.2) is 9.67 Å². The molecule has 27 heavy (non-hydrogen) atoms. The summed E-state index contributed by atoms with van der Waals surface area (Å²) in [5.41, 5.74) is -2.47. The van der Waals surface area contributed by atoms with E-state index < -0.39 is 23.5 Å². The molecule has 1 aromatic carbocycles. The zero-order valence-corrected chi connectivity index (χ0v) is 14.2. The Morgan fingerprint density at radius 1 is 1.04 bits per heavy atom. The molecule has 0 amide bonds. The highest BCUT2D eigenvalue weighted by Gasteiger charge is 2.37. The van der Waals surface area contributed by atoms with E-state index in [-0.39, 0.29) is 22.5 Å². The predicted molar refractivity (Wildman–Crippen MR) is 84.8 cm³/mol. The van der Waals surface area contributed by atoms with Crippen LogP contribution in [0.15, 0.2) is 29.8 Å². The number of halogens is 6. The van der Waals surface area contributed by atoms with Gasteiger partial charge in [0.2, 0.25) is 5.13 Å². The largest absolute Gasteiger partial charge is 0.416 e. The molecule has 0 atom stereocenters.